The second-order valence-electron chi connectivity index (χ2n) is 7.32. The van der Waals surface area contributed by atoms with Gasteiger partial charge in [0.1, 0.15) is 6.61 Å². The van der Waals surface area contributed by atoms with Gasteiger partial charge in [0.15, 0.2) is 0 Å². The van der Waals surface area contributed by atoms with Crippen molar-refractivity contribution in [1.29, 1.82) is 0 Å². The van der Waals surface area contributed by atoms with Gasteiger partial charge in [-0.3, -0.25) is 4.18 Å². The second kappa shape index (κ2) is 24.3. The van der Waals surface area contributed by atoms with Crippen LogP contribution in [-0.2, 0) is 57.0 Å². The van der Waals surface area contributed by atoms with E-state index in [1.54, 1.807) is 18.2 Å². The van der Waals surface area contributed by atoms with E-state index in [9.17, 15) is 13.2 Å². The Labute approximate surface area is 224 Å². The third kappa shape index (κ3) is 21.2. The third-order valence-corrected chi connectivity index (χ3v) is 5.65. The normalized spacial score (nSPS) is 11.7. The summed E-state index contributed by atoms with van der Waals surface area (Å²) in [6.45, 7) is 5.33. The zero-order valence-electron chi connectivity index (χ0n) is 21.7. The first-order valence-electron chi connectivity index (χ1n) is 12.3. The maximum absolute atomic E-state index is 11.9. The molecule has 14 heteroatoms. The predicted molar refractivity (Wildman–Crippen MR) is 134 cm³/mol. The lowest BCUT2D eigenvalue weighted by Crippen LogP contribution is -2.15. The van der Waals surface area contributed by atoms with E-state index in [-0.39, 0.29) is 31.3 Å². The van der Waals surface area contributed by atoms with Crippen molar-refractivity contribution in [1.82, 2.24) is 0 Å². The lowest BCUT2D eigenvalue weighted by atomic mass is 10.4. The van der Waals surface area contributed by atoms with Gasteiger partial charge in [-0.2, -0.15) is 8.42 Å². The molecule has 0 amide bonds. The average Bonchev–Trinajstić information content (AvgIpc) is 2.91. The molecule has 1 aromatic carbocycles. The number of ether oxygens (including phenoxy) is 8. The summed E-state index contributed by atoms with van der Waals surface area (Å²) in [4.78, 5) is 10.4. The Bertz CT molecular complexity index is 777. The molecule has 0 aliphatic rings. The number of carboxylic acid groups (broad SMARTS) is 1. The molecule has 0 heterocycles. The number of rotatable bonds is 28. The second-order valence-corrected chi connectivity index (χ2v) is 8.94. The van der Waals surface area contributed by atoms with E-state index >= 15 is 0 Å². The van der Waals surface area contributed by atoms with Crippen LogP contribution in [0.3, 0.4) is 0 Å². The molecule has 38 heavy (non-hydrogen) atoms. The maximum Gasteiger partial charge on any atom is 0.329 e. The van der Waals surface area contributed by atoms with Gasteiger partial charge in [-0.1, -0.05) is 18.2 Å². The fraction of sp³-hybridized carbons (Fsp3) is 0.708. The minimum absolute atomic E-state index is 0.0645. The van der Waals surface area contributed by atoms with E-state index < -0.39 is 16.1 Å². The van der Waals surface area contributed by atoms with Crippen molar-refractivity contribution in [2.75, 3.05) is 112 Å². The van der Waals surface area contributed by atoms with Crippen LogP contribution in [0.4, 0.5) is 0 Å². The van der Waals surface area contributed by atoms with Gasteiger partial charge in [-0.15, -0.1) is 0 Å². The average molecular weight is 569 g/mol. The minimum atomic E-state index is -3.76. The van der Waals surface area contributed by atoms with Crippen LogP contribution < -0.4 is 0 Å². The van der Waals surface area contributed by atoms with Crippen LogP contribution >= 0.6 is 0 Å². The third-order valence-electron chi connectivity index (χ3n) is 4.33. The van der Waals surface area contributed by atoms with Gasteiger partial charge in [0.2, 0.25) is 0 Å². The molecule has 0 bridgehead atoms. The lowest BCUT2D eigenvalue weighted by molar-refractivity contribution is -0.142. The standard InChI is InChI=1S/C24H40O13S/c25-24(26)22-36-19-18-34-15-14-32-11-10-30-7-6-29-8-9-31-12-13-33-16-17-35-20-21-37-38(27,28)23-4-2-1-3-5-23/h1-5H,6-22H2,(H,25,26). The number of benzene rings is 1. The van der Waals surface area contributed by atoms with E-state index in [1.807, 2.05) is 0 Å². The molecular formula is C24H40O13S. The Kier molecular flexibility index (Phi) is 22.0. The highest BCUT2D eigenvalue weighted by atomic mass is 32.2. The molecule has 0 spiro atoms. The Morgan fingerprint density at radius 2 is 0.842 bits per heavy atom. The monoisotopic (exact) mass is 568 g/mol. The van der Waals surface area contributed by atoms with Gasteiger partial charge < -0.3 is 43.0 Å². The number of hydrogen-bond donors (Lipinski definition) is 1. The van der Waals surface area contributed by atoms with Crippen molar-refractivity contribution in [2.45, 2.75) is 4.90 Å². The van der Waals surface area contributed by atoms with Crippen LogP contribution in [0.5, 0.6) is 0 Å². The smallest absolute Gasteiger partial charge is 0.329 e. The molecule has 0 fully saturated rings. The molecule has 0 unspecified atom stereocenters. The summed E-state index contributed by atoms with van der Waals surface area (Å²) in [6.07, 6.45) is 0. The molecule has 0 radical (unpaired) electrons. The van der Waals surface area contributed by atoms with E-state index in [1.165, 1.54) is 12.1 Å². The van der Waals surface area contributed by atoms with Crippen LogP contribution in [0.25, 0.3) is 0 Å². The fourth-order valence-electron chi connectivity index (χ4n) is 2.56. The van der Waals surface area contributed by atoms with Crippen molar-refractivity contribution < 1.29 is 60.4 Å². The molecule has 0 saturated carbocycles. The number of hydrogen-bond acceptors (Lipinski definition) is 12. The zero-order chi connectivity index (χ0) is 27.6. The molecule has 220 valence electrons. The summed E-state index contributed by atoms with van der Waals surface area (Å²) in [5, 5.41) is 8.40. The summed E-state index contributed by atoms with van der Waals surface area (Å²) in [6, 6.07) is 7.94. The van der Waals surface area contributed by atoms with Crippen LogP contribution in [0.15, 0.2) is 35.2 Å². The number of carbonyl (C=O) groups is 1. The fourth-order valence-corrected chi connectivity index (χ4v) is 3.47. The highest BCUT2D eigenvalue weighted by Gasteiger charge is 2.13. The Morgan fingerprint density at radius 1 is 0.526 bits per heavy atom. The van der Waals surface area contributed by atoms with Gasteiger partial charge in [0.25, 0.3) is 10.1 Å². The van der Waals surface area contributed by atoms with Gasteiger partial charge in [0, 0.05) is 0 Å². The lowest BCUT2D eigenvalue weighted by Gasteiger charge is -2.09. The number of aliphatic carboxylic acids is 1. The molecule has 1 rings (SSSR count). The summed E-state index contributed by atoms with van der Waals surface area (Å²) in [5.74, 6) is -1.00. The molecule has 0 aromatic heterocycles. The summed E-state index contributed by atoms with van der Waals surface area (Å²) >= 11 is 0. The highest BCUT2D eigenvalue weighted by Crippen LogP contribution is 2.10. The molecule has 1 N–H and O–H groups in total. The van der Waals surface area contributed by atoms with Crippen molar-refractivity contribution in [2.24, 2.45) is 0 Å². The molecule has 0 aliphatic heterocycles. The number of carboxylic acids is 1. The highest BCUT2D eigenvalue weighted by molar-refractivity contribution is 7.86. The van der Waals surface area contributed by atoms with E-state index in [0.29, 0.717) is 85.9 Å². The molecule has 0 saturated heterocycles. The quantitative estimate of drug-likeness (QED) is 0.111. The van der Waals surface area contributed by atoms with Gasteiger partial charge in [0.05, 0.1) is 111 Å². The van der Waals surface area contributed by atoms with Crippen LogP contribution in [-0.4, -0.2) is 132 Å². The SMILES string of the molecule is O=C(O)COCCOCCOCCOCCOCCOCCOCCOCCOS(=O)(=O)c1ccccc1. The van der Waals surface area contributed by atoms with E-state index in [0.717, 1.165) is 0 Å². The largest absolute Gasteiger partial charge is 0.480 e. The molecule has 0 aliphatic carbocycles. The van der Waals surface area contributed by atoms with Crippen molar-refractivity contribution in [3.63, 3.8) is 0 Å². The first kappa shape index (κ1) is 34.3. The topological polar surface area (TPSA) is 155 Å². The van der Waals surface area contributed by atoms with Crippen molar-refractivity contribution >= 4 is 16.1 Å². The van der Waals surface area contributed by atoms with Crippen molar-refractivity contribution in [3.8, 4) is 0 Å². The summed E-state index contributed by atoms with van der Waals surface area (Å²) in [7, 11) is -3.76. The van der Waals surface area contributed by atoms with E-state index in [4.69, 9.17) is 47.2 Å². The Morgan fingerprint density at radius 3 is 1.18 bits per heavy atom. The summed E-state index contributed by atoms with van der Waals surface area (Å²) < 4.78 is 71.0. The Hall–Kier alpha value is -1.72. The van der Waals surface area contributed by atoms with Gasteiger partial charge in [-0.25, -0.2) is 4.79 Å². The van der Waals surface area contributed by atoms with Gasteiger partial charge in [-0.05, 0) is 12.1 Å². The minimum Gasteiger partial charge on any atom is -0.480 e. The van der Waals surface area contributed by atoms with Crippen LogP contribution in [0, 0.1) is 0 Å². The van der Waals surface area contributed by atoms with Crippen LogP contribution in [0.1, 0.15) is 0 Å². The van der Waals surface area contributed by atoms with Gasteiger partial charge >= 0.3 is 5.97 Å². The molecule has 1 aromatic rings. The molecular weight excluding hydrogens is 528 g/mol. The zero-order valence-corrected chi connectivity index (χ0v) is 22.5. The first-order chi connectivity index (χ1) is 18.5. The molecule has 0 atom stereocenters. The predicted octanol–water partition coefficient (Wildman–Crippen LogP) is 0.609. The van der Waals surface area contributed by atoms with Crippen molar-refractivity contribution in [3.05, 3.63) is 30.3 Å². The molecule has 13 nitrogen and oxygen atoms in total. The van der Waals surface area contributed by atoms with Crippen LogP contribution in [0.2, 0.25) is 0 Å². The van der Waals surface area contributed by atoms with E-state index in [2.05, 4.69) is 0 Å². The first-order valence-corrected chi connectivity index (χ1v) is 13.7. The maximum atomic E-state index is 11.9. The summed E-state index contributed by atoms with van der Waals surface area (Å²) in [5.41, 5.74) is 0. The Balaban J connectivity index is 1.71.